The summed E-state index contributed by atoms with van der Waals surface area (Å²) >= 11 is 0. The molecule has 0 atom stereocenters. The van der Waals surface area contributed by atoms with Crippen LogP contribution in [0.2, 0.25) is 0 Å². The fourth-order valence-corrected chi connectivity index (χ4v) is 2.95. The van der Waals surface area contributed by atoms with Crippen molar-refractivity contribution in [1.82, 2.24) is 15.0 Å². The van der Waals surface area contributed by atoms with Gasteiger partial charge in [-0.15, -0.1) is 0 Å². The largest absolute Gasteiger partial charge is 0.382 e. The molecule has 120 valence electrons. The van der Waals surface area contributed by atoms with Crippen LogP contribution in [0.4, 0.5) is 5.82 Å². The van der Waals surface area contributed by atoms with Crippen LogP contribution >= 0.6 is 0 Å². The molecule has 3 aromatic rings. The van der Waals surface area contributed by atoms with Gasteiger partial charge in [-0.2, -0.15) is 0 Å². The lowest BCUT2D eigenvalue weighted by atomic mass is 9.99. The Balaban J connectivity index is 2.08. The molecule has 5 nitrogen and oxygen atoms in total. The van der Waals surface area contributed by atoms with E-state index in [1.165, 1.54) is 5.56 Å². The number of H-pyrrole nitrogens is 2. The fraction of sp³-hybridized carbons (Fsp3) is 0.333. The first kappa shape index (κ1) is 15.3. The highest BCUT2D eigenvalue weighted by atomic mass is 16.1. The van der Waals surface area contributed by atoms with E-state index < -0.39 is 0 Å². The molecule has 0 saturated heterocycles. The van der Waals surface area contributed by atoms with E-state index in [2.05, 4.69) is 34.0 Å². The van der Waals surface area contributed by atoms with Gasteiger partial charge >= 0.3 is 5.69 Å². The second-order valence-electron chi connectivity index (χ2n) is 5.87. The summed E-state index contributed by atoms with van der Waals surface area (Å²) in [6.07, 6.45) is 5.01. The van der Waals surface area contributed by atoms with Crippen LogP contribution in [0.3, 0.4) is 0 Å². The summed E-state index contributed by atoms with van der Waals surface area (Å²) in [7, 11) is 0. The summed E-state index contributed by atoms with van der Waals surface area (Å²) in [5.41, 5.74) is 10.4. The number of hydrogen-bond acceptors (Lipinski definition) is 3. The predicted molar refractivity (Wildman–Crippen MR) is 93.6 cm³/mol. The third-order valence-corrected chi connectivity index (χ3v) is 4.13. The molecule has 0 bridgehead atoms. The fourth-order valence-electron chi connectivity index (χ4n) is 2.95. The summed E-state index contributed by atoms with van der Waals surface area (Å²) < 4.78 is 0. The second-order valence-corrected chi connectivity index (χ2v) is 5.87. The third-order valence-electron chi connectivity index (χ3n) is 4.13. The van der Waals surface area contributed by atoms with Crippen LogP contribution in [-0.4, -0.2) is 15.0 Å². The number of nitrogens with one attached hydrogen (secondary N) is 2. The minimum atomic E-state index is -0.242. The molecule has 0 spiro atoms. The molecule has 0 amide bonds. The maximum absolute atomic E-state index is 11.7. The number of benzene rings is 1. The maximum atomic E-state index is 11.7. The first-order valence-corrected chi connectivity index (χ1v) is 8.12. The molecule has 5 heteroatoms. The van der Waals surface area contributed by atoms with Crippen LogP contribution in [0.15, 0.2) is 35.1 Å². The monoisotopic (exact) mass is 310 g/mol. The molecule has 3 rings (SSSR count). The molecule has 2 heterocycles. The molecule has 0 aliphatic carbocycles. The molecule has 0 fully saturated rings. The van der Waals surface area contributed by atoms with Crippen molar-refractivity contribution in [2.24, 2.45) is 0 Å². The van der Waals surface area contributed by atoms with Crippen LogP contribution in [-0.2, 0) is 12.8 Å². The van der Waals surface area contributed by atoms with E-state index in [0.717, 1.165) is 48.9 Å². The Hall–Kier alpha value is -2.56. The maximum Gasteiger partial charge on any atom is 0.323 e. The van der Waals surface area contributed by atoms with Crippen LogP contribution in [0.5, 0.6) is 0 Å². The van der Waals surface area contributed by atoms with E-state index in [4.69, 9.17) is 5.73 Å². The van der Waals surface area contributed by atoms with Gasteiger partial charge in [0.2, 0.25) is 0 Å². The van der Waals surface area contributed by atoms with Crippen LogP contribution < -0.4 is 11.4 Å². The number of anilines is 1. The molecule has 0 saturated carbocycles. The molecule has 0 aliphatic rings. The number of rotatable bonds is 6. The van der Waals surface area contributed by atoms with E-state index in [1.807, 2.05) is 18.2 Å². The van der Waals surface area contributed by atoms with Crippen molar-refractivity contribution >= 4 is 16.9 Å². The Kier molecular flexibility index (Phi) is 4.46. The minimum Gasteiger partial charge on any atom is -0.382 e. The zero-order valence-corrected chi connectivity index (χ0v) is 13.4. The summed E-state index contributed by atoms with van der Waals surface area (Å²) in [6.45, 7) is 2.18. The lowest BCUT2D eigenvalue weighted by Gasteiger charge is -2.11. The van der Waals surface area contributed by atoms with Crippen molar-refractivity contribution in [1.29, 1.82) is 0 Å². The van der Waals surface area contributed by atoms with Crippen LogP contribution in [0.1, 0.15) is 43.0 Å². The predicted octanol–water partition coefficient (Wildman–Crippen LogP) is 3.16. The van der Waals surface area contributed by atoms with Gasteiger partial charge in [0.15, 0.2) is 0 Å². The summed E-state index contributed by atoms with van der Waals surface area (Å²) in [5.74, 6) is 0.390. The molecule has 23 heavy (non-hydrogen) atoms. The Morgan fingerprint density at radius 3 is 2.57 bits per heavy atom. The quantitative estimate of drug-likeness (QED) is 0.611. The summed E-state index contributed by atoms with van der Waals surface area (Å²) in [4.78, 5) is 21.9. The number of fused-ring (bicyclic) bond motifs is 1. The molecule has 0 aliphatic heterocycles. The first-order valence-electron chi connectivity index (χ1n) is 8.12. The van der Waals surface area contributed by atoms with E-state index in [1.54, 1.807) is 0 Å². The Morgan fingerprint density at radius 1 is 1.09 bits per heavy atom. The van der Waals surface area contributed by atoms with Gasteiger partial charge in [-0.1, -0.05) is 50.1 Å². The Labute approximate surface area is 135 Å². The van der Waals surface area contributed by atoms with Crippen molar-refractivity contribution in [3.8, 4) is 0 Å². The number of hydrogen-bond donors (Lipinski definition) is 3. The number of aromatic amines is 2. The van der Waals surface area contributed by atoms with Gasteiger partial charge < -0.3 is 15.7 Å². The Morgan fingerprint density at radius 2 is 1.83 bits per heavy atom. The van der Waals surface area contributed by atoms with Gasteiger partial charge in [-0.05, 0) is 18.4 Å². The topological polar surface area (TPSA) is 87.6 Å². The summed E-state index contributed by atoms with van der Waals surface area (Å²) in [5, 5.41) is 0. The minimum absolute atomic E-state index is 0.242. The molecule has 4 N–H and O–H groups in total. The lowest BCUT2D eigenvalue weighted by Crippen LogP contribution is -2.05. The van der Waals surface area contributed by atoms with Crippen molar-refractivity contribution in [3.63, 3.8) is 0 Å². The van der Waals surface area contributed by atoms with Crippen LogP contribution in [0, 0.1) is 0 Å². The number of nitrogens with zero attached hydrogens (tertiary/aromatic N) is 1. The van der Waals surface area contributed by atoms with Gasteiger partial charge in [0.05, 0.1) is 5.52 Å². The smallest absolute Gasteiger partial charge is 0.323 e. The average Bonchev–Trinajstić information content (AvgIpc) is 2.94. The second kappa shape index (κ2) is 6.69. The molecular weight excluding hydrogens is 288 g/mol. The number of nitrogens with two attached hydrogens (primary N) is 1. The summed E-state index contributed by atoms with van der Waals surface area (Å²) in [6, 6.07) is 10.2. The molecule has 1 aromatic carbocycles. The van der Waals surface area contributed by atoms with Gasteiger partial charge in [0, 0.05) is 17.7 Å². The van der Waals surface area contributed by atoms with Crippen molar-refractivity contribution in [2.45, 2.75) is 39.0 Å². The average molecular weight is 310 g/mol. The molecular formula is C18H22N4O. The van der Waals surface area contributed by atoms with Crippen molar-refractivity contribution in [3.05, 3.63) is 57.6 Å². The number of pyridine rings is 1. The normalized spacial score (nSPS) is 11.2. The highest BCUT2D eigenvalue weighted by molar-refractivity contribution is 5.87. The number of aryl methyl sites for hydroxylation is 1. The van der Waals surface area contributed by atoms with Gasteiger partial charge in [-0.25, -0.2) is 9.78 Å². The SMILES string of the molecule is CCCCCc1nc(N)c2[nH]c(=O)[nH]c2c1Cc1ccccc1. The van der Waals surface area contributed by atoms with E-state index in [0.29, 0.717) is 11.3 Å². The van der Waals surface area contributed by atoms with Crippen molar-refractivity contribution < 1.29 is 0 Å². The van der Waals surface area contributed by atoms with E-state index >= 15 is 0 Å². The van der Waals surface area contributed by atoms with Crippen LogP contribution in [0.25, 0.3) is 11.0 Å². The van der Waals surface area contributed by atoms with Crippen molar-refractivity contribution in [2.75, 3.05) is 5.73 Å². The standard InChI is InChI=1S/C18H22N4O/c1-2-3-5-10-14-13(11-12-8-6-4-7-9-12)15-16(17(19)20-14)22-18(23)21-15/h4,6-9H,2-3,5,10-11H2,1H3,(H2,19,20)(H2,21,22,23). The lowest BCUT2D eigenvalue weighted by molar-refractivity contribution is 0.704. The third kappa shape index (κ3) is 3.28. The van der Waals surface area contributed by atoms with Gasteiger partial charge in [0.1, 0.15) is 11.3 Å². The first-order chi connectivity index (χ1) is 11.2. The number of aromatic nitrogens is 3. The van der Waals surface area contributed by atoms with Gasteiger partial charge in [-0.3, -0.25) is 0 Å². The number of unbranched alkanes of at least 4 members (excludes halogenated alkanes) is 2. The molecule has 2 aromatic heterocycles. The highest BCUT2D eigenvalue weighted by Gasteiger charge is 2.15. The molecule has 0 radical (unpaired) electrons. The highest BCUT2D eigenvalue weighted by Crippen LogP contribution is 2.25. The van der Waals surface area contributed by atoms with Gasteiger partial charge in [0.25, 0.3) is 0 Å². The zero-order chi connectivity index (χ0) is 16.2. The number of nitrogen functional groups attached to an aromatic ring is 1. The molecule has 0 unspecified atom stereocenters. The van der Waals surface area contributed by atoms with E-state index in [9.17, 15) is 4.79 Å². The number of imidazole rings is 1. The van der Waals surface area contributed by atoms with E-state index in [-0.39, 0.29) is 5.69 Å². The zero-order valence-electron chi connectivity index (χ0n) is 13.4. The Bertz CT molecular complexity index is 849.